The third-order valence-corrected chi connectivity index (χ3v) is 2.77. The molecule has 1 aromatic rings. The van der Waals surface area contributed by atoms with Crippen LogP contribution in [0.25, 0.3) is 0 Å². The SMILES string of the molecule is OC(c1cccc(F)c1Cl)C1CC1. The van der Waals surface area contributed by atoms with Gasteiger partial charge >= 0.3 is 0 Å². The van der Waals surface area contributed by atoms with E-state index >= 15 is 0 Å². The van der Waals surface area contributed by atoms with Crippen LogP contribution >= 0.6 is 11.6 Å². The minimum Gasteiger partial charge on any atom is -0.388 e. The average molecular weight is 201 g/mol. The predicted octanol–water partition coefficient (Wildman–Crippen LogP) is 2.92. The number of benzene rings is 1. The Kier molecular flexibility index (Phi) is 2.26. The predicted molar refractivity (Wildman–Crippen MR) is 49.1 cm³/mol. The highest BCUT2D eigenvalue weighted by molar-refractivity contribution is 6.31. The van der Waals surface area contributed by atoms with Crippen LogP contribution in [-0.4, -0.2) is 5.11 Å². The van der Waals surface area contributed by atoms with Crippen LogP contribution in [0.15, 0.2) is 18.2 Å². The molecule has 1 atom stereocenters. The van der Waals surface area contributed by atoms with Gasteiger partial charge < -0.3 is 5.11 Å². The van der Waals surface area contributed by atoms with Crippen LogP contribution in [0.5, 0.6) is 0 Å². The van der Waals surface area contributed by atoms with Crippen LogP contribution in [0, 0.1) is 11.7 Å². The van der Waals surface area contributed by atoms with Gasteiger partial charge in [-0.05, 0) is 24.8 Å². The Morgan fingerprint density at radius 2 is 2.15 bits per heavy atom. The zero-order chi connectivity index (χ0) is 9.42. The van der Waals surface area contributed by atoms with Crippen LogP contribution in [0.2, 0.25) is 5.02 Å². The number of halogens is 2. The topological polar surface area (TPSA) is 20.2 Å². The Balaban J connectivity index is 2.32. The standard InChI is InChI=1S/C10H10ClFO/c11-9-7(2-1-3-8(9)12)10(13)6-4-5-6/h1-3,6,10,13H,4-5H2. The lowest BCUT2D eigenvalue weighted by atomic mass is 10.1. The van der Waals surface area contributed by atoms with E-state index in [4.69, 9.17) is 11.6 Å². The molecule has 0 saturated heterocycles. The minimum absolute atomic E-state index is 0.0573. The van der Waals surface area contributed by atoms with Crippen molar-refractivity contribution in [1.82, 2.24) is 0 Å². The van der Waals surface area contributed by atoms with Crippen LogP contribution in [0.1, 0.15) is 24.5 Å². The van der Waals surface area contributed by atoms with E-state index in [0.29, 0.717) is 5.56 Å². The summed E-state index contributed by atoms with van der Waals surface area (Å²) in [5.41, 5.74) is 0.518. The first-order valence-corrected chi connectivity index (χ1v) is 4.70. The molecule has 0 spiro atoms. The van der Waals surface area contributed by atoms with Crippen molar-refractivity contribution in [3.63, 3.8) is 0 Å². The molecule has 0 amide bonds. The fraction of sp³-hybridized carbons (Fsp3) is 0.400. The van der Waals surface area contributed by atoms with E-state index in [1.807, 2.05) is 0 Å². The molecule has 1 aliphatic rings. The lowest BCUT2D eigenvalue weighted by Crippen LogP contribution is -2.01. The molecule has 0 radical (unpaired) electrons. The fourth-order valence-corrected chi connectivity index (χ4v) is 1.65. The van der Waals surface area contributed by atoms with Crippen molar-refractivity contribution in [2.45, 2.75) is 18.9 Å². The second-order valence-electron chi connectivity index (χ2n) is 3.43. The summed E-state index contributed by atoms with van der Waals surface area (Å²) in [7, 11) is 0. The van der Waals surface area contributed by atoms with E-state index in [0.717, 1.165) is 12.8 Å². The molecule has 1 saturated carbocycles. The van der Waals surface area contributed by atoms with E-state index in [2.05, 4.69) is 0 Å². The molecule has 3 heteroatoms. The van der Waals surface area contributed by atoms with Gasteiger partial charge in [0.25, 0.3) is 0 Å². The van der Waals surface area contributed by atoms with Crippen LogP contribution in [0.4, 0.5) is 4.39 Å². The lowest BCUT2D eigenvalue weighted by Gasteiger charge is -2.11. The molecular weight excluding hydrogens is 191 g/mol. The zero-order valence-corrected chi connectivity index (χ0v) is 7.76. The molecule has 1 aromatic carbocycles. The maximum atomic E-state index is 13.0. The van der Waals surface area contributed by atoms with E-state index in [9.17, 15) is 9.50 Å². The maximum absolute atomic E-state index is 13.0. The van der Waals surface area contributed by atoms with Crippen LogP contribution < -0.4 is 0 Å². The Bertz CT molecular complexity index is 323. The molecule has 13 heavy (non-hydrogen) atoms. The molecule has 1 unspecified atom stereocenters. The summed E-state index contributed by atoms with van der Waals surface area (Å²) in [5.74, 6) is -0.182. The molecule has 2 rings (SSSR count). The van der Waals surface area contributed by atoms with Gasteiger partial charge in [0.2, 0.25) is 0 Å². The Morgan fingerprint density at radius 1 is 1.46 bits per heavy atom. The summed E-state index contributed by atoms with van der Waals surface area (Å²) in [6, 6.07) is 4.54. The highest BCUT2D eigenvalue weighted by Crippen LogP contribution is 2.42. The van der Waals surface area contributed by atoms with Gasteiger partial charge in [0.1, 0.15) is 5.82 Å². The van der Waals surface area contributed by atoms with E-state index in [1.54, 1.807) is 12.1 Å². The first-order chi connectivity index (χ1) is 6.20. The zero-order valence-electron chi connectivity index (χ0n) is 7.00. The molecule has 0 heterocycles. The third kappa shape index (κ3) is 1.69. The van der Waals surface area contributed by atoms with Crippen molar-refractivity contribution in [2.24, 2.45) is 5.92 Å². The van der Waals surface area contributed by atoms with Gasteiger partial charge in [-0.3, -0.25) is 0 Å². The first kappa shape index (κ1) is 8.97. The van der Waals surface area contributed by atoms with Gasteiger partial charge in [-0.1, -0.05) is 23.7 Å². The van der Waals surface area contributed by atoms with Gasteiger partial charge in [0, 0.05) is 5.56 Å². The molecule has 0 aromatic heterocycles. The fourth-order valence-electron chi connectivity index (χ4n) is 1.41. The summed E-state index contributed by atoms with van der Waals surface area (Å²) in [6.07, 6.45) is 1.42. The van der Waals surface area contributed by atoms with Gasteiger partial charge in [-0.2, -0.15) is 0 Å². The Hall–Kier alpha value is -0.600. The quantitative estimate of drug-likeness (QED) is 0.779. The van der Waals surface area contributed by atoms with E-state index in [1.165, 1.54) is 6.07 Å². The number of aliphatic hydroxyl groups excluding tert-OH is 1. The van der Waals surface area contributed by atoms with Crippen molar-refractivity contribution in [3.8, 4) is 0 Å². The molecular formula is C10H10ClFO. The monoisotopic (exact) mass is 200 g/mol. The normalized spacial score (nSPS) is 18.7. The van der Waals surface area contributed by atoms with Crippen molar-refractivity contribution < 1.29 is 9.50 Å². The summed E-state index contributed by atoms with van der Waals surface area (Å²) in [4.78, 5) is 0. The van der Waals surface area contributed by atoms with Crippen LogP contribution in [0.3, 0.4) is 0 Å². The van der Waals surface area contributed by atoms with E-state index in [-0.39, 0.29) is 10.9 Å². The Labute approximate surface area is 81.1 Å². The second-order valence-corrected chi connectivity index (χ2v) is 3.80. The van der Waals surface area contributed by atoms with Crippen molar-refractivity contribution >= 4 is 11.6 Å². The van der Waals surface area contributed by atoms with Gasteiger partial charge in [-0.15, -0.1) is 0 Å². The number of hydrogen-bond acceptors (Lipinski definition) is 1. The molecule has 0 bridgehead atoms. The first-order valence-electron chi connectivity index (χ1n) is 4.32. The van der Waals surface area contributed by atoms with Gasteiger partial charge in [0.15, 0.2) is 0 Å². The van der Waals surface area contributed by atoms with Gasteiger partial charge in [0.05, 0.1) is 11.1 Å². The summed E-state index contributed by atoms with van der Waals surface area (Å²) in [5, 5.41) is 9.77. The van der Waals surface area contributed by atoms with Crippen molar-refractivity contribution in [2.75, 3.05) is 0 Å². The van der Waals surface area contributed by atoms with Crippen LogP contribution in [-0.2, 0) is 0 Å². The largest absolute Gasteiger partial charge is 0.388 e. The summed E-state index contributed by atoms with van der Waals surface area (Å²) >= 11 is 5.72. The third-order valence-electron chi connectivity index (χ3n) is 2.37. The molecule has 1 fully saturated rings. The Morgan fingerprint density at radius 3 is 2.77 bits per heavy atom. The molecule has 0 aliphatic heterocycles. The minimum atomic E-state index is -0.594. The molecule has 1 N–H and O–H groups in total. The highest BCUT2D eigenvalue weighted by atomic mass is 35.5. The molecule has 1 aliphatic carbocycles. The lowest BCUT2D eigenvalue weighted by molar-refractivity contribution is 0.153. The van der Waals surface area contributed by atoms with Crippen molar-refractivity contribution in [3.05, 3.63) is 34.6 Å². The van der Waals surface area contributed by atoms with Crippen molar-refractivity contribution in [1.29, 1.82) is 0 Å². The maximum Gasteiger partial charge on any atom is 0.142 e. The number of rotatable bonds is 2. The average Bonchev–Trinajstić information content (AvgIpc) is 2.91. The highest BCUT2D eigenvalue weighted by Gasteiger charge is 2.32. The number of hydrogen-bond donors (Lipinski definition) is 1. The molecule has 1 nitrogen and oxygen atoms in total. The second kappa shape index (κ2) is 3.28. The summed E-state index contributed by atoms with van der Waals surface area (Å²) < 4.78 is 13.0. The molecule has 70 valence electrons. The van der Waals surface area contributed by atoms with Gasteiger partial charge in [-0.25, -0.2) is 4.39 Å². The smallest absolute Gasteiger partial charge is 0.142 e. The summed E-state index contributed by atoms with van der Waals surface area (Å²) in [6.45, 7) is 0. The number of aliphatic hydroxyl groups is 1. The van der Waals surface area contributed by atoms with E-state index < -0.39 is 11.9 Å².